The van der Waals surface area contributed by atoms with Crippen molar-refractivity contribution in [2.75, 3.05) is 51.1 Å². The van der Waals surface area contributed by atoms with Crippen LogP contribution < -0.4 is 5.32 Å². The summed E-state index contributed by atoms with van der Waals surface area (Å²) >= 11 is 0. The third-order valence-electron chi connectivity index (χ3n) is 5.54. The molecule has 1 N–H and O–H groups in total. The van der Waals surface area contributed by atoms with Crippen molar-refractivity contribution in [3.8, 4) is 0 Å². The van der Waals surface area contributed by atoms with Gasteiger partial charge in [0, 0.05) is 57.5 Å². The van der Waals surface area contributed by atoms with Crippen molar-refractivity contribution in [1.82, 2.24) is 14.7 Å². The first-order valence-electron chi connectivity index (χ1n) is 10.1. The zero-order chi connectivity index (χ0) is 23.0. The molecule has 0 spiro atoms. The summed E-state index contributed by atoms with van der Waals surface area (Å²) in [5, 5.41) is 2.18. The topological polar surface area (TPSA) is 38.8 Å². The minimum absolute atomic E-state index is 0.0360. The van der Waals surface area contributed by atoms with Crippen molar-refractivity contribution in [3.05, 3.63) is 29.3 Å². The van der Waals surface area contributed by atoms with Gasteiger partial charge in [0.1, 0.15) is 0 Å². The molecule has 3 rings (SSSR count). The van der Waals surface area contributed by atoms with Crippen molar-refractivity contribution >= 4 is 11.7 Å². The van der Waals surface area contributed by atoms with Crippen molar-refractivity contribution in [2.45, 2.75) is 32.2 Å². The largest absolute Gasteiger partial charge is 0.416 e. The van der Waals surface area contributed by atoms with Crippen LogP contribution in [0.3, 0.4) is 0 Å². The van der Waals surface area contributed by atoms with E-state index in [1.165, 1.54) is 4.90 Å². The van der Waals surface area contributed by atoms with Crippen LogP contribution in [0.25, 0.3) is 0 Å². The van der Waals surface area contributed by atoms with E-state index < -0.39 is 35.2 Å². The lowest BCUT2D eigenvalue weighted by Gasteiger charge is -2.48. The molecule has 1 aromatic rings. The van der Waals surface area contributed by atoms with E-state index in [-0.39, 0.29) is 12.1 Å². The Balaban J connectivity index is 1.56. The smallest absolute Gasteiger partial charge is 0.321 e. The average molecular weight is 452 g/mol. The maximum absolute atomic E-state index is 13.0. The molecule has 2 aliphatic heterocycles. The predicted octanol–water partition coefficient (Wildman–Crippen LogP) is 4.21. The molecule has 0 atom stereocenters. The van der Waals surface area contributed by atoms with Crippen LogP contribution in [0.4, 0.5) is 36.8 Å². The maximum Gasteiger partial charge on any atom is 0.416 e. The fraction of sp³-hybridized carbons (Fsp3) is 0.650. The number of piperazine rings is 1. The van der Waals surface area contributed by atoms with Gasteiger partial charge in [-0.2, -0.15) is 26.3 Å². The van der Waals surface area contributed by atoms with Crippen molar-refractivity contribution < 1.29 is 31.1 Å². The summed E-state index contributed by atoms with van der Waals surface area (Å²) in [6.07, 6.45) is -9.92. The average Bonchev–Trinajstić information content (AvgIpc) is 2.59. The Morgan fingerprint density at radius 1 is 0.968 bits per heavy atom. The lowest BCUT2D eigenvalue weighted by molar-refractivity contribution is -0.143. The Kier molecular flexibility index (Phi) is 6.75. The highest BCUT2D eigenvalue weighted by molar-refractivity contribution is 5.90. The summed E-state index contributed by atoms with van der Waals surface area (Å²) in [4.78, 5) is 18.4. The van der Waals surface area contributed by atoms with E-state index in [1.807, 2.05) is 0 Å². The number of urea groups is 1. The number of anilines is 1. The number of likely N-dealkylation sites (tertiary alicyclic amines) is 1. The SMILES string of the molecule is CC(C)CN1CCN(C2CN(C(=O)Nc3cc(C(F)(F)F)cc(C(F)(F)F)c3)C2)CC1. The number of rotatable bonds is 4. The molecule has 2 heterocycles. The fourth-order valence-electron chi connectivity index (χ4n) is 3.91. The standard InChI is InChI=1S/C20H26F6N4O/c1-13(2)10-28-3-5-29(6-4-28)17-11-30(12-17)18(31)27-16-8-14(19(21,22)23)7-15(9-16)20(24,25)26/h7-9,13,17H,3-6,10-12H2,1-2H3,(H,27,31). The van der Waals surface area contributed by atoms with Gasteiger partial charge in [-0.15, -0.1) is 0 Å². The Hall–Kier alpha value is -2.01. The molecule has 2 fully saturated rings. The highest BCUT2D eigenvalue weighted by Crippen LogP contribution is 2.37. The molecule has 0 radical (unpaired) electrons. The minimum Gasteiger partial charge on any atom is -0.321 e. The number of carbonyl (C=O) groups excluding carboxylic acids is 1. The molecule has 0 unspecified atom stereocenters. The number of nitrogens with one attached hydrogen (secondary N) is 1. The van der Waals surface area contributed by atoms with E-state index in [4.69, 9.17) is 0 Å². The molecule has 2 saturated heterocycles. The molecule has 31 heavy (non-hydrogen) atoms. The van der Waals surface area contributed by atoms with E-state index in [9.17, 15) is 31.1 Å². The van der Waals surface area contributed by atoms with Crippen LogP contribution in [0.2, 0.25) is 0 Å². The lowest BCUT2D eigenvalue weighted by Crippen LogP contribution is -2.64. The van der Waals surface area contributed by atoms with Crippen LogP contribution in [0.1, 0.15) is 25.0 Å². The van der Waals surface area contributed by atoms with E-state index in [0.717, 1.165) is 32.7 Å². The van der Waals surface area contributed by atoms with E-state index >= 15 is 0 Å². The summed E-state index contributed by atoms with van der Waals surface area (Å²) in [5.41, 5.74) is -3.45. The first-order chi connectivity index (χ1) is 14.3. The van der Waals surface area contributed by atoms with Gasteiger partial charge in [0.05, 0.1) is 11.1 Å². The van der Waals surface area contributed by atoms with Crippen LogP contribution in [0.15, 0.2) is 18.2 Å². The monoisotopic (exact) mass is 452 g/mol. The third kappa shape index (κ3) is 6.03. The van der Waals surface area contributed by atoms with Crippen LogP contribution in [-0.4, -0.2) is 72.6 Å². The highest BCUT2D eigenvalue weighted by Gasteiger charge is 2.39. The van der Waals surface area contributed by atoms with E-state index in [0.29, 0.717) is 31.1 Å². The van der Waals surface area contributed by atoms with Gasteiger partial charge in [-0.25, -0.2) is 4.79 Å². The van der Waals surface area contributed by atoms with Crippen molar-refractivity contribution in [2.24, 2.45) is 5.92 Å². The van der Waals surface area contributed by atoms with Gasteiger partial charge in [0.25, 0.3) is 0 Å². The number of hydrogen-bond donors (Lipinski definition) is 1. The first kappa shape index (κ1) is 23.6. The van der Waals surface area contributed by atoms with Crippen LogP contribution in [-0.2, 0) is 12.4 Å². The second-order valence-electron chi connectivity index (χ2n) is 8.51. The van der Waals surface area contributed by atoms with Gasteiger partial charge in [0.15, 0.2) is 0 Å². The summed E-state index contributed by atoms with van der Waals surface area (Å²) in [5.74, 6) is 0.586. The van der Waals surface area contributed by atoms with Gasteiger partial charge in [0.2, 0.25) is 0 Å². The molecule has 0 aromatic heterocycles. The summed E-state index contributed by atoms with van der Waals surface area (Å²) in [6, 6.07) is 0.506. The summed E-state index contributed by atoms with van der Waals surface area (Å²) in [7, 11) is 0. The van der Waals surface area contributed by atoms with E-state index in [2.05, 4.69) is 29.0 Å². The van der Waals surface area contributed by atoms with Crippen molar-refractivity contribution in [3.63, 3.8) is 0 Å². The Labute approximate surface area is 177 Å². The van der Waals surface area contributed by atoms with Gasteiger partial charge in [-0.3, -0.25) is 4.90 Å². The molecule has 174 valence electrons. The number of carbonyl (C=O) groups is 1. The quantitative estimate of drug-likeness (QED) is 0.696. The van der Waals surface area contributed by atoms with Crippen LogP contribution in [0, 0.1) is 5.92 Å². The molecule has 5 nitrogen and oxygen atoms in total. The number of hydrogen-bond acceptors (Lipinski definition) is 3. The maximum atomic E-state index is 13.0. The van der Waals surface area contributed by atoms with Crippen LogP contribution in [0.5, 0.6) is 0 Å². The second kappa shape index (κ2) is 8.85. The fourth-order valence-corrected chi connectivity index (χ4v) is 3.91. The third-order valence-corrected chi connectivity index (χ3v) is 5.54. The predicted molar refractivity (Wildman–Crippen MR) is 104 cm³/mol. The number of benzene rings is 1. The van der Waals surface area contributed by atoms with E-state index in [1.54, 1.807) is 0 Å². The first-order valence-corrected chi connectivity index (χ1v) is 10.1. The minimum atomic E-state index is -4.96. The number of nitrogens with zero attached hydrogens (tertiary/aromatic N) is 3. The highest BCUT2D eigenvalue weighted by atomic mass is 19.4. The normalized spacial score (nSPS) is 19.6. The molecule has 0 bridgehead atoms. The second-order valence-corrected chi connectivity index (χ2v) is 8.51. The number of amides is 2. The molecular formula is C20H26F6N4O. The molecule has 0 aliphatic carbocycles. The zero-order valence-electron chi connectivity index (χ0n) is 17.4. The van der Waals surface area contributed by atoms with Gasteiger partial charge < -0.3 is 15.1 Å². The van der Waals surface area contributed by atoms with Gasteiger partial charge in [-0.05, 0) is 24.1 Å². The number of halogens is 6. The molecule has 2 amide bonds. The summed E-state index contributed by atoms with van der Waals surface area (Å²) < 4.78 is 77.8. The molecule has 1 aromatic carbocycles. The zero-order valence-corrected chi connectivity index (χ0v) is 17.4. The Morgan fingerprint density at radius 2 is 1.48 bits per heavy atom. The molecule has 11 heteroatoms. The molecular weight excluding hydrogens is 426 g/mol. The van der Waals surface area contributed by atoms with Gasteiger partial charge in [-0.1, -0.05) is 13.8 Å². The summed E-state index contributed by atoms with van der Waals surface area (Å²) in [6.45, 7) is 9.75. The molecule has 0 saturated carbocycles. The van der Waals surface area contributed by atoms with Crippen molar-refractivity contribution in [1.29, 1.82) is 0 Å². The molecule has 2 aliphatic rings. The van der Waals surface area contributed by atoms with Gasteiger partial charge >= 0.3 is 18.4 Å². The van der Waals surface area contributed by atoms with Crippen LogP contribution >= 0.6 is 0 Å². The Bertz CT molecular complexity index is 749. The Morgan fingerprint density at radius 3 is 1.94 bits per heavy atom. The number of alkyl halides is 6. The lowest BCUT2D eigenvalue weighted by atomic mass is 10.1.